The maximum Gasteiger partial charge on any atom is 0.252 e. The van der Waals surface area contributed by atoms with Crippen LogP contribution in [0.4, 0.5) is 0 Å². The first-order valence-electron chi connectivity index (χ1n) is 9.56. The average Bonchev–Trinajstić information content (AvgIpc) is 2.71. The molecule has 0 fully saturated rings. The lowest BCUT2D eigenvalue weighted by Crippen LogP contribution is -2.38. The average molecular weight is 419 g/mol. The second-order valence-corrected chi connectivity index (χ2v) is 10.1. The number of amides is 1. The van der Waals surface area contributed by atoms with Crippen LogP contribution in [-0.2, 0) is 23.0 Å². The van der Waals surface area contributed by atoms with Crippen LogP contribution in [-0.4, -0.2) is 43.2 Å². The van der Waals surface area contributed by atoms with Gasteiger partial charge in [0.25, 0.3) is 5.91 Å². The maximum atomic E-state index is 12.7. The largest absolute Gasteiger partial charge is 0.352 e. The van der Waals surface area contributed by atoms with Gasteiger partial charge in [0.05, 0.1) is 11.3 Å². The Morgan fingerprint density at radius 2 is 1.82 bits per heavy atom. The number of sulfonamides is 1. The maximum absolute atomic E-state index is 12.7. The number of fused-ring (bicyclic) bond motifs is 1. The molecule has 0 unspecified atom stereocenters. The summed E-state index contributed by atoms with van der Waals surface area (Å²) in [4.78, 5) is 13.4. The lowest BCUT2D eigenvalue weighted by molar-refractivity contribution is 0.0950. The fraction of sp³-hybridized carbons (Fsp3) is 0.381. The summed E-state index contributed by atoms with van der Waals surface area (Å²) in [5, 5.41) is 2.85. The molecule has 0 aliphatic carbocycles. The Hall–Kier alpha value is -1.83. The van der Waals surface area contributed by atoms with Crippen LogP contribution in [0.3, 0.4) is 0 Å². The van der Waals surface area contributed by atoms with Crippen LogP contribution >= 0.6 is 11.8 Å². The van der Waals surface area contributed by atoms with E-state index in [-0.39, 0.29) is 11.7 Å². The van der Waals surface area contributed by atoms with Crippen molar-refractivity contribution in [2.75, 3.05) is 24.6 Å². The van der Waals surface area contributed by atoms with E-state index >= 15 is 0 Å². The van der Waals surface area contributed by atoms with E-state index in [9.17, 15) is 13.2 Å². The molecule has 0 bridgehead atoms. The normalized spacial score (nSPS) is 14.5. The van der Waals surface area contributed by atoms with Crippen molar-refractivity contribution >= 4 is 27.7 Å². The Morgan fingerprint density at radius 1 is 1.11 bits per heavy atom. The number of benzene rings is 2. The highest BCUT2D eigenvalue weighted by molar-refractivity contribution is 7.99. The highest BCUT2D eigenvalue weighted by Gasteiger charge is 2.26. The first-order chi connectivity index (χ1) is 13.5. The van der Waals surface area contributed by atoms with Crippen LogP contribution < -0.4 is 5.32 Å². The summed E-state index contributed by atoms with van der Waals surface area (Å²) in [6.45, 7) is 3.34. The number of hydrogen-bond acceptors (Lipinski definition) is 4. The molecular formula is C21H26N2O3S2. The van der Waals surface area contributed by atoms with Crippen molar-refractivity contribution in [2.45, 2.75) is 31.2 Å². The molecule has 0 aromatic heterocycles. The third kappa shape index (κ3) is 5.16. The number of carbonyl (C=O) groups is 1. The molecular weight excluding hydrogens is 392 g/mol. The second kappa shape index (κ2) is 9.58. The highest BCUT2D eigenvalue weighted by Crippen LogP contribution is 2.23. The van der Waals surface area contributed by atoms with Gasteiger partial charge >= 0.3 is 0 Å². The lowest BCUT2D eigenvalue weighted by Gasteiger charge is -2.28. The zero-order chi connectivity index (χ0) is 20.0. The molecule has 1 aliphatic rings. The summed E-state index contributed by atoms with van der Waals surface area (Å²) >= 11 is 1.62. The number of thioether (sulfide) groups is 1. The van der Waals surface area contributed by atoms with E-state index in [4.69, 9.17) is 0 Å². The molecule has 1 amide bonds. The van der Waals surface area contributed by atoms with Crippen molar-refractivity contribution in [1.29, 1.82) is 0 Å². The Balaban J connectivity index is 1.50. The Labute approximate surface area is 171 Å². The van der Waals surface area contributed by atoms with Gasteiger partial charge in [0, 0.05) is 24.5 Å². The summed E-state index contributed by atoms with van der Waals surface area (Å²) in [6.07, 6.45) is 1.15. The molecule has 2 aromatic carbocycles. The Bertz CT molecular complexity index is 929. The predicted octanol–water partition coefficient (Wildman–Crippen LogP) is 3.31. The highest BCUT2D eigenvalue weighted by atomic mass is 32.2. The van der Waals surface area contributed by atoms with Gasteiger partial charge in [0.15, 0.2) is 0 Å². The third-order valence-electron chi connectivity index (χ3n) is 4.79. The standard InChI is InChI=1S/C21H26N2O3S2/c1-2-27-20-11-6-5-10-19(20)21(24)22-13-7-15-28(25,26)23-14-12-17-8-3-4-9-18(17)16-23/h3-6,8-11H,2,7,12-16H2,1H3,(H,22,24). The molecule has 0 atom stereocenters. The zero-order valence-electron chi connectivity index (χ0n) is 16.1. The fourth-order valence-electron chi connectivity index (χ4n) is 3.32. The molecule has 7 heteroatoms. The number of rotatable bonds is 8. The minimum atomic E-state index is -3.33. The molecule has 0 saturated heterocycles. The minimum absolute atomic E-state index is 0.0425. The van der Waals surface area contributed by atoms with Gasteiger partial charge in [-0.15, -0.1) is 11.8 Å². The second-order valence-electron chi connectivity index (χ2n) is 6.71. The summed E-state index contributed by atoms with van der Waals surface area (Å²) in [7, 11) is -3.33. The number of carbonyl (C=O) groups excluding carboxylic acids is 1. The van der Waals surface area contributed by atoms with E-state index in [1.807, 2.05) is 43.3 Å². The lowest BCUT2D eigenvalue weighted by atomic mass is 10.0. The van der Waals surface area contributed by atoms with E-state index in [1.165, 1.54) is 5.56 Å². The third-order valence-corrected chi connectivity index (χ3v) is 7.64. The summed E-state index contributed by atoms with van der Waals surface area (Å²) in [5.41, 5.74) is 2.95. The monoisotopic (exact) mass is 418 g/mol. The van der Waals surface area contributed by atoms with Crippen molar-refractivity contribution in [3.05, 3.63) is 65.2 Å². The van der Waals surface area contributed by atoms with Crippen LogP contribution in [0.5, 0.6) is 0 Å². The van der Waals surface area contributed by atoms with E-state index < -0.39 is 10.0 Å². The van der Waals surface area contributed by atoms with Crippen molar-refractivity contribution < 1.29 is 13.2 Å². The SMILES string of the molecule is CCSc1ccccc1C(=O)NCCCS(=O)(=O)N1CCc2ccccc2C1. The fourth-order valence-corrected chi connectivity index (χ4v) is 5.60. The molecule has 3 rings (SSSR count). The van der Waals surface area contributed by atoms with Crippen molar-refractivity contribution in [3.63, 3.8) is 0 Å². The number of nitrogens with zero attached hydrogens (tertiary/aromatic N) is 1. The smallest absolute Gasteiger partial charge is 0.252 e. The zero-order valence-corrected chi connectivity index (χ0v) is 17.7. The number of nitrogens with one attached hydrogen (secondary N) is 1. The molecule has 2 aromatic rings. The van der Waals surface area contributed by atoms with Crippen molar-refractivity contribution in [1.82, 2.24) is 9.62 Å². The van der Waals surface area contributed by atoms with Crippen LogP contribution in [0.25, 0.3) is 0 Å². The summed E-state index contributed by atoms with van der Waals surface area (Å²) < 4.78 is 26.9. The minimum Gasteiger partial charge on any atom is -0.352 e. The van der Waals surface area contributed by atoms with Gasteiger partial charge in [0.1, 0.15) is 0 Å². The van der Waals surface area contributed by atoms with Gasteiger partial charge in [-0.1, -0.05) is 43.3 Å². The molecule has 0 radical (unpaired) electrons. The number of hydrogen-bond donors (Lipinski definition) is 1. The van der Waals surface area contributed by atoms with Gasteiger partial charge in [-0.25, -0.2) is 8.42 Å². The molecule has 5 nitrogen and oxygen atoms in total. The van der Waals surface area contributed by atoms with Gasteiger partial charge in [-0.3, -0.25) is 4.79 Å². The van der Waals surface area contributed by atoms with Crippen LogP contribution in [0, 0.1) is 0 Å². The van der Waals surface area contributed by atoms with Gasteiger partial charge < -0.3 is 5.32 Å². The first-order valence-corrected chi connectivity index (χ1v) is 12.2. The molecule has 0 spiro atoms. The Kier molecular flexibility index (Phi) is 7.15. The molecule has 1 heterocycles. The van der Waals surface area contributed by atoms with Gasteiger partial charge in [0.2, 0.25) is 10.0 Å². The van der Waals surface area contributed by atoms with Crippen LogP contribution in [0.15, 0.2) is 53.4 Å². The molecule has 1 aliphatic heterocycles. The van der Waals surface area contributed by atoms with Gasteiger partial charge in [-0.05, 0) is 41.9 Å². The van der Waals surface area contributed by atoms with Crippen LogP contribution in [0.1, 0.15) is 34.8 Å². The molecule has 150 valence electrons. The van der Waals surface area contributed by atoms with Gasteiger partial charge in [-0.2, -0.15) is 4.31 Å². The van der Waals surface area contributed by atoms with E-state index in [0.29, 0.717) is 31.6 Å². The molecule has 1 N–H and O–H groups in total. The van der Waals surface area contributed by atoms with E-state index in [2.05, 4.69) is 11.4 Å². The summed E-state index contributed by atoms with van der Waals surface area (Å²) in [6, 6.07) is 15.5. The quantitative estimate of drug-likeness (QED) is 0.528. The predicted molar refractivity (Wildman–Crippen MR) is 114 cm³/mol. The van der Waals surface area contributed by atoms with Crippen molar-refractivity contribution in [3.8, 4) is 0 Å². The summed E-state index contributed by atoms with van der Waals surface area (Å²) in [5.74, 6) is 0.781. The van der Waals surface area contributed by atoms with E-state index in [1.54, 1.807) is 22.1 Å². The molecule has 0 saturated carbocycles. The molecule has 28 heavy (non-hydrogen) atoms. The van der Waals surface area contributed by atoms with E-state index in [0.717, 1.165) is 22.6 Å². The first kappa shape index (κ1) is 20.9. The van der Waals surface area contributed by atoms with Crippen LogP contribution in [0.2, 0.25) is 0 Å². The topological polar surface area (TPSA) is 66.5 Å². The Morgan fingerprint density at radius 3 is 2.61 bits per heavy atom. The van der Waals surface area contributed by atoms with Crippen molar-refractivity contribution in [2.24, 2.45) is 0 Å².